The first-order chi connectivity index (χ1) is 21.8. The largest absolute Gasteiger partial charge is 0.475 e. The van der Waals surface area contributed by atoms with Crippen LogP contribution in [0.4, 0.5) is 17.1 Å². The lowest BCUT2D eigenvalue weighted by molar-refractivity contribution is 0.0664. The van der Waals surface area contributed by atoms with Crippen molar-refractivity contribution in [1.82, 2.24) is 0 Å². The molecule has 0 amide bonds. The normalized spacial score (nSPS) is 13.5. The summed E-state index contributed by atoms with van der Waals surface area (Å²) in [6.07, 6.45) is 0.497. The van der Waals surface area contributed by atoms with Crippen molar-refractivity contribution in [1.29, 1.82) is 5.26 Å². The predicted octanol–water partition coefficient (Wildman–Crippen LogP) is 6.08. The first kappa shape index (κ1) is 29.8. The lowest BCUT2D eigenvalue weighted by Crippen LogP contribution is -2.47. The van der Waals surface area contributed by atoms with Crippen LogP contribution >= 0.6 is 0 Å². The fourth-order valence-electron chi connectivity index (χ4n) is 5.83. The zero-order valence-electron chi connectivity index (χ0n) is 24.8. The minimum Gasteiger partial charge on any atom is -0.475 e. The van der Waals surface area contributed by atoms with Gasteiger partial charge in [-0.15, -0.1) is 0 Å². The Bertz CT molecular complexity index is 1990. The molecule has 1 fully saturated rings. The third-order valence-corrected chi connectivity index (χ3v) is 10.1. The Kier molecular flexibility index (Phi) is 8.20. The van der Waals surface area contributed by atoms with Crippen molar-refractivity contribution in [3.63, 3.8) is 0 Å². The molecule has 0 radical (unpaired) electrons. The summed E-state index contributed by atoms with van der Waals surface area (Å²) < 4.78 is 36.0. The zero-order valence-corrected chi connectivity index (χ0v) is 25.6. The van der Waals surface area contributed by atoms with Gasteiger partial charge in [-0.1, -0.05) is 42.5 Å². The Morgan fingerprint density at radius 1 is 0.911 bits per heavy atom. The summed E-state index contributed by atoms with van der Waals surface area (Å²) in [7, 11) is -4.08. The summed E-state index contributed by atoms with van der Waals surface area (Å²) in [4.78, 5) is 16.2. The van der Waals surface area contributed by atoms with E-state index in [1.54, 1.807) is 6.92 Å². The van der Waals surface area contributed by atoms with E-state index in [-0.39, 0.29) is 17.2 Å². The van der Waals surface area contributed by atoms with Gasteiger partial charge in [0.1, 0.15) is 5.58 Å². The molecule has 1 aliphatic heterocycles. The van der Waals surface area contributed by atoms with Crippen LogP contribution in [0.1, 0.15) is 27.2 Å². The van der Waals surface area contributed by atoms with Gasteiger partial charge in [-0.05, 0) is 73.5 Å². The van der Waals surface area contributed by atoms with E-state index in [9.17, 15) is 18.3 Å². The summed E-state index contributed by atoms with van der Waals surface area (Å²) in [6, 6.07) is 31.5. The molecule has 2 heterocycles. The Morgan fingerprint density at radius 3 is 2.27 bits per heavy atom. The third kappa shape index (κ3) is 5.95. The van der Waals surface area contributed by atoms with Crippen molar-refractivity contribution in [3.8, 4) is 6.07 Å². The number of hydrogen-bond acceptors (Lipinski definition) is 7. The molecule has 228 valence electrons. The quantitative estimate of drug-likeness (QED) is 0.211. The number of sulfonamides is 1. The molecule has 0 aliphatic carbocycles. The Labute approximate surface area is 262 Å². The number of para-hydroxylation sites is 2. The zero-order chi connectivity index (χ0) is 31.6. The van der Waals surface area contributed by atoms with Gasteiger partial charge in [0.2, 0.25) is 5.76 Å². The number of benzene rings is 4. The molecule has 5 aromatic rings. The number of nitriles is 1. The number of nitrogens with zero attached hydrogens (tertiary/aromatic N) is 4. The van der Waals surface area contributed by atoms with Crippen molar-refractivity contribution in [2.24, 2.45) is 0 Å². The number of aryl methyl sites for hydroxylation is 1. The molecule has 1 saturated heterocycles. The van der Waals surface area contributed by atoms with E-state index in [1.165, 1.54) is 22.5 Å². The minimum atomic E-state index is -4.08. The first-order valence-electron chi connectivity index (χ1n) is 14.7. The lowest BCUT2D eigenvalue weighted by Gasteiger charge is -2.39. The van der Waals surface area contributed by atoms with Gasteiger partial charge in [0.05, 0.1) is 27.9 Å². The van der Waals surface area contributed by atoms with Gasteiger partial charge in [0.15, 0.2) is 0 Å². The standard InChI is InChI=1S/C35H32N4O5S/c1-25-30-23-29(15-16-33(30)44-34(25)35(40)41)45(42,43)39(18-17-26-7-3-2-4-8-26)32-10-6-5-9-31(32)38-21-19-37(20-22-38)28-13-11-27(24-36)12-14-28/h2-16,23H,17-22H2,1H3,(H,40,41). The monoisotopic (exact) mass is 620 g/mol. The molecule has 0 bridgehead atoms. The van der Waals surface area contributed by atoms with Crippen molar-refractivity contribution in [2.75, 3.05) is 46.8 Å². The molecule has 1 N–H and O–H groups in total. The number of piperazine rings is 1. The highest BCUT2D eigenvalue weighted by Gasteiger charge is 2.30. The van der Waals surface area contributed by atoms with Crippen molar-refractivity contribution in [2.45, 2.75) is 18.2 Å². The van der Waals surface area contributed by atoms with Crippen LogP contribution in [-0.4, -0.2) is 52.2 Å². The number of anilines is 3. The maximum Gasteiger partial charge on any atom is 0.372 e. The van der Waals surface area contributed by atoms with Crippen LogP contribution in [0.15, 0.2) is 106 Å². The van der Waals surface area contributed by atoms with Gasteiger partial charge < -0.3 is 19.3 Å². The van der Waals surface area contributed by atoms with Crippen molar-refractivity contribution >= 4 is 44.0 Å². The highest BCUT2D eigenvalue weighted by molar-refractivity contribution is 7.92. The molecule has 9 nitrogen and oxygen atoms in total. The van der Waals surface area contributed by atoms with Gasteiger partial charge in [-0.2, -0.15) is 5.26 Å². The second kappa shape index (κ2) is 12.4. The van der Waals surface area contributed by atoms with Crippen LogP contribution in [0.2, 0.25) is 0 Å². The molecular formula is C35H32N4O5S. The highest BCUT2D eigenvalue weighted by Crippen LogP contribution is 2.36. The molecule has 0 saturated carbocycles. The number of carboxylic acids is 1. The van der Waals surface area contributed by atoms with Crippen LogP contribution in [-0.2, 0) is 16.4 Å². The number of furan rings is 1. The molecular weight excluding hydrogens is 588 g/mol. The fourth-order valence-corrected chi connectivity index (χ4v) is 7.34. The summed E-state index contributed by atoms with van der Waals surface area (Å²) in [5.41, 5.74) is 4.78. The molecule has 0 unspecified atom stereocenters. The Hall–Kier alpha value is -5.27. The SMILES string of the molecule is Cc1c(C(=O)O)oc2ccc(S(=O)(=O)N(CCc3ccccc3)c3ccccc3N3CCN(c4ccc(C#N)cc4)CC3)cc12. The van der Waals surface area contributed by atoms with E-state index >= 15 is 0 Å². The predicted molar refractivity (Wildman–Crippen MR) is 175 cm³/mol. The maximum absolute atomic E-state index is 14.5. The van der Waals surface area contributed by atoms with E-state index in [1.807, 2.05) is 78.9 Å². The molecule has 10 heteroatoms. The van der Waals surface area contributed by atoms with Gasteiger partial charge in [-0.3, -0.25) is 4.31 Å². The van der Waals surface area contributed by atoms with Crippen molar-refractivity contribution < 1.29 is 22.7 Å². The molecule has 1 aromatic heterocycles. The fraction of sp³-hybridized carbons (Fsp3) is 0.200. The van der Waals surface area contributed by atoms with Gasteiger partial charge in [0.25, 0.3) is 10.0 Å². The minimum absolute atomic E-state index is 0.0596. The lowest BCUT2D eigenvalue weighted by atomic mass is 10.1. The van der Waals surface area contributed by atoms with Gasteiger partial charge >= 0.3 is 5.97 Å². The van der Waals surface area contributed by atoms with Crippen LogP contribution in [0.3, 0.4) is 0 Å². The summed E-state index contributed by atoms with van der Waals surface area (Å²) in [5.74, 6) is -1.41. The summed E-state index contributed by atoms with van der Waals surface area (Å²) in [5, 5.41) is 19.1. The molecule has 0 spiro atoms. The van der Waals surface area contributed by atoms with E-state index in [0.29, 0.717) is 47.3 Å². The number of aromatic carboxylic acids is 1. The van der Waals surface area contributed by atoms with Crippen LogP contribution in [0.5, 0.6) is 0 Å². The molecule has 0 atom stereocenters. The van der Waals surface area contributed by atoms with E-state index in [2.05, 4.69) is 15.9 Å². The third-order valence-electron chi connectivity index (χ3n) is 8.27. The van der Waals surface area contributed by atoms with E-state index < -0.39 is 16.0 Å². The number of hydrogen-bond donors (Lipinski definition) is 1. The Morgan fingerprint density at radius 2 is 1.58 bits per heavy atom. The van der Waals surface area contributed by atoms with Crippen LogP contribution < -0.4 is 14.1 Å². The average Bonchev–Trinajstić information content (AvgIpc) is 3.41. The number of rotatable bonds is 9. The topological polar surface area (TPSA) is 118 Å². The Balaban J connectivity index is 1.34. The van der Waals surface area contributed by atoms with Crippen LogP contribution in [0.25, 0.3) is 11.0 Å². The number of carbonyl (C=O) groups is 1. The molecule has 1 aliphatic rings. The highest BCUT2D eigenvalue weighted by atomic mass is 32.2. The summed E-state index contributed by atoms with van der Waals surface area (Å²) >= 11 is 0. The van der Waals surface area contributed by atoms with Crippen LogP contribution in [0, 0.1) is 18.3 Å². The first-order valence-corrected chi connectivity index (χ1v) is 16.1. The average molecular weight is 621 g/mol. The smallest absolute Gasteiger partial charge is 0.372 e. The molecule has 6 rings (SSSR count). The number of fused-ring (bicyclic) bond motifs is 1. The second-order valence-corrected chi connectivity index (χ2v) is 12.8. The van der Waals surface area contributed by atoms with E-state index in [4.69, 9.17) is 9.68 Å². The molecule has 45 heavy (non-hydrogen) atoms. The van der Waals surface area contributed by atoms with E-state index in [0.717, 1.165) is 30.0 Å². The van der Waals surface area contributed by atoms with Crippen molar-refractivity contribution in [3.05, 3.63) is 120 Å². The van der Waals surface area contributed by atoms with Gasteiger partial charge in [-0.25, -0.2) is 13.2 Å². The molecule has 4 aromatic carbocycles. The maximum atomic E-state index is 14.5. The summed E-state index contributed by atoms with van der Waals surface area (Å²) in [6.45, 7) is 4.66. The second-order valence-electron chi connectivity index (χ2n) is 11.0. The van der Waals surface area contributed by atoms with Gasteiger partial charge in [0, 0.05) is 49.4 Å². The number of carboxylic acid groups (broad SMARTS) is 1.